The first-order chi connectivity index (χ1) is 9.82. The predicted octanol–water partition coefficient (Wildman–Crippen LogP) is 1.25. The van der Waals surface area contributed by atoms with E-state index in [1.54, 1.807) is 27.0 Å². The molecule has 1 rings (SSSR count). The quantitative estimate of drug-likeness (QED) is 0.738. The predicted molar refractivity (Wildman–Crippen MR) is 79.7 cm³/mol. The number of carbonyl (C=O) groups excluding carboxylic acids is 2. The van der Waals surface area contributed by atoms with Crippen LogP contribution in [0.3, 0.4) is 0 Å². The standard InChI is InChI=1S/C14H24N4O3/c1-5-7-11(15)12(19)17-10-8-16-18(9-10)14(3,4)13(20)21-6-2/h8-9,11H,5-7,15H2,1-4H3,(H,17,19). The van der Waals surface area contributed by atoms with E-state index in [1.807, 2.05) is 6.92 Å². The van der Waals surface area contributed by atoms with Gasteiger partial charge < -0.3 is 15.8 Å². The zero-order valence-corrected chi connectivity index (χ0v) is 13.0. The van der Waals surface area contributed by atoms with Gasteiger partial charge in [0.1, 0.15) is 0 Å². The van der Waals surface area contributed by atoms with E-state index in [2.05, 4.69) is 10.4 Å². The molecule has 0 aliphatic rings. The number of nitrogens with zero attached hydrogens (tertiary/aromatic N) is 2. The SMILES string of the molecule is CCCC(N)C(=O)Nc1cnn(C(C)(C)C(=O)OCC)c1. The Morgan fingerprint density at radius 1 is 1.48 bits per heavy atom. The number of anilines is 1. The maximum Gasteiger partial charge on any atom is 0.333 e. The van der Waals surface area contributed by atoms with Crippen LogP contribution < -0.4 is 11.1 Å². The Kier molecular flexibility index (Phi) is 5.90. The summed E-state index contributed by atoms with van der Waals surface area (Å²) in [6, 6.07) is -0.545. The summed E-state index contributed by atoms with van der Waals surface area (Å²) in [6.45, 7) is 7.42. The van der Waals surface area contributed by atoms with Gasteiger partial charge in [-0.25, -0.2) is 4.79 Å². The largest absolute Gasteiger partial charge is 0.464 e. The lowest BCUT2D eigenvalue weighted by Gasteiger charge is -2.22. The molecular formula is C14H24N4O3. The van der Waals surface area contributed by atoms with E-state index < -0.39 is 11.6 Å². The molecule has 1 unspecified atom stereocenters. The van der Waals surface area contributed by atoms with E-state index in [1.165, 1.54) is 10.9 Å². The first kappa shape index (κ1) is 17.2. The van der Waals surface area contributed by atoms with E-state index in [9.17, 15) is 9.59 Å². The lowest BCUT2D eigenvalue weighted by atomic mass is 10.1. The topological polar surface area (TPSA) is 99.2 Å². The third-order valence-electron chi connectivity index (χ3n) is 3.13. The second-order valence-electron chi connectivity index (χ2n) is 5.34. The Hall–Kier alpha value is -1.89. The Morgan fingerprint density at radius 3 is 2.71 bits per heavy atom. The molecule has 21 heavy (non-hydrogen) atoms. The molecule has 1 atom stereocenters. The minimum absolute atomic E-state index is 0.259. The summed E-state index contributed by atoms with van der Waals surface area (Å²) in [5.74, 6) is -0.640. The fourth-order valence-corrected chi connectivity index (χ4v) is 1.77. The van der Waals surface area contributed by atoms with Crippen LogP contribution in [0.5, 0.6) is 0 Å². The number of nitrogens with two attached hydrogens (primary N) is 1. The fraction of sp³-hybridized carbons (Fsp3) is 0.643. The monoisotopic (exact) mass is 296 g/mol. The van der Waals surface area contributed by atoms with Crippen molar-refractivity contribution in [3.63, 3.8) is 0 Å². The Labute approximate surface area is 124 Å². The Balaban J connectivity index is 2.77. The van der Waals surface area contributed by atoms with Crippen LogP contribution in [0.2, 0.25) is 0 Å². The molecule has 0 spiro atoms. The van der Waals surface area contributed by atoms with Crippen molar-refractivity contribution in [1.29, 1.82) is 0 Å². The molecule has 0 fully saturated rings. The lowest BCUT2D eigenvalue weighted by molar-refractivity contribution is -0.152. The van der Waals surface area contributed by atoms with Crippen molar-refractivity contribution in [2.45, 2.75) is 52.1 Å². The average Bonchev–Trinajstić information content (AvgIpc) is 2.88. The van der Waals surface area contributed by atoms with Gasteiger partial charge in [0, 0.05) is 6.20 Å². The van der Waals surface area contributed by atoms with Crippen LogP contribution in [0.1, 0.15) is 40.5 Å². The van der Waals surface area contributed by atoms with Gasteiger partial charge in [-0.05, 0) is 27.2 Å². The van der Waals surface area contributed by atoms with Crippen LogP contribution in [0, 0.1) is 0 Å². The molecule has 7 nitrogen and oxygen atoms in total. The van der Waals surface area contributed by atoms with Crippen LogP contribution in [-0.4, -0.2) is 34.3 Å². The highest BCUT2D eigenvalue weighted by Gasteiger charge is 2.32. The molecule has 0 radical (unpaired) electrons. The summed E-state index contributed by atoms with van der Waals surface area (Å²) in [7, 11) is 0. The van der Waals surface area contributed by atoms with Crippen LogP contribution in [0.25, 0.3) is 0 Å². The average molecular weight is 296 g/mol. The van der Waals surface area contributed by atoms with Gasteiger partial charge in [0.25, 0.3) is 0 Å². The zero-order chi connectivity index (χ0) is 16.0. The Morgan fingerprint density at radius 2 is 2.14 bits per heavy atom. The summed E-state index contributed by atoms with van der Waals surface area (Å²) < 4.78 is 6.48. The van der Waals surface area contributed by atoms with E-state index in [4.69, 9.17) is 10.5 Å². The van der Waals surface area contributed by atoms with Gasteiger partial charge in [-0.3, -0.25) is 9.48 Å². The fourth-order valence-electron chi connectivity index (χ4n) is 1.77. The molecule has 0 saturated heterocycles. The summed E-state index contributed by atoms with van der Waals surface area (Å²) in [5.41, 5.74) is 5.31. The summed E-state index contributed by atoms with van der Waals surface area (Å²) in [5, 5.41) is 6.80. The number of esters is 1. The van der Waals surface area contributed by atoms with Crippen LogP contribution >= 0.6 is 0 Å². The normalized spacial score (nSPS) is 12.8. The van der Waals surface area contributed by atoms with Crippen LogP contribution in [0.4, 0.5) is 5.69 Å². The molecule has 0 aromatic carbocycles. The number of aromatic nitrogens is 2. The van der Waals surface area contributed by atoms with E-state index in [0.29, 0.717) is 18.7 Å². The minimum atomic E-state index is -0.940. The van der Waals surface area contributed by atoms with Gasteiger partial charge >= 0.3 is 5.97 Å². The molecule has 0 aliphatic heterocycles. The van der Waals surface area contributed by atoms with Crippen molar-refractivity contribution >= 4 is 17.6 Å². The highest BCUT2D eigenvalue weighted by molar-refractivity contribution is 5.94. The number of amides is 1. The van der Waals surface area contributed by atoms with Gasteiger partial charge in [-0.1, -0.05) is 13.3 Å². The van der Waals surface area contributed by atoms with Crippen molar-refractivity contribution in [3.05, 3.63) is 12.4 Å². The van der Waals surface area contributed by atoms with E-state index in [0.717, 1.165) is 6.42 Å². The van der Waals surface area contributed by atoms with Gasteiger partial charge in [0.2, 0.25) is 5.91 Å². The molecular weight excluding hydrogens is 272 g/mol. The molecule has 1 amide bonds. The molecule has 118 valence electrons. The van der Waals surface area contributed by atoms with Crippen LogP contribution in [0.15, 0.2) is 12.4 Å². The van der Waals surface area contributed by atoms with Crippen LogP contribution in [-0.2, 0) is 19.9 Å². The molecule has 1 heterocycles. The van der Waals surface area contributed by atoms with Gasteiger partial charge in [-0.15, -0.1) is 0 Å². The van der Waals surface area contributed by atoms with Gasteiger partial charge in [0.05, 0.1) is 24.5 Å². The molecule has 3 N–H and O–H groups in total. The number of nitrogens with one attached hydrogen (secondary N) is 1. The van der Waals surface area contributed by atoms with Crippen molar-refractivity contribution in [1.82, 2.24) is 9.78 Å². The minimum Gasteiger partial charge on any atom is -0.464 e. The second kappa shape index (κ2) is 7.21. The number of carbonyl (C=O) groups is 2. The molecule has 1 aromatic heterocycles. The second-order valence-corrected chi connectivity index (χ2v) is 5.34. The maximum atomic E-state index is 11.9. The third kappa shape index (κ3) is 4.29. The maximum absolute atomic E-state index is 11.9. The summed E-state index contributed by atoms with van der Waals surface area (Å²) in [4.78, 5) is 23.7. The first-order valence-electron chi connectivity index (χ1n) is 7.11. The van der Waals surface area contributed by atoms with Gasteiger partial charge in [-0.2, -0.15) is 5.10 Å². The third-order valence-corrected chi connectivity index (χ3v) is 3.13. The molecule has 0 aliphatic carbocycles. The number of hydrogen-bond donors (Lipinski definition) is 2. The summed E-state index contributed by atoms with van der Waals surface area (Å²) in [6.07, 6.45) is 4.53. The zero-order valence-electron chi connectivity index (χ0n) is 13.0. The van der Waals surface area contributed by atoms with E-state index >= 15 is 0 Å². The number of hydrogen-bond acceptors (Lipinski definition) is 5. The van der Waals surface area contributed by atoms with Crippen molar-refractivity contribution < 1.29 is 14.3 Å². The number of rotatable bonds is 7. The first-order valence-corrected chi connectivity index (χ1v) is 7.11. The summed E-state index contributed by atoms with van der Waals surface area (Å²) >= 11 is 0. The lowest BCUT2D eigenvalue weighted by Crippen LogP contribution is -2.38. The number of ether oxygens (including phenoxy) is 1. The smallest absolute Gasteiger partial charge is 0.333 e. The van der Waals surface area contributed by atoms with Crippen molar-refractivity contribution in [2.24, 2.45) is 5.73 Å². The molecule has 0 saturated carbocycles. The Bertz CT molecular complexity index is 496. The molecule has 1 aromatic rings. The van der Waals surface area contributed by atoms with Gasteiger partial charge in [0.15, 0.2) is 5.54 Å². The van der Waals surface area contributed by atoms with Crippen molar-refractivity contribution in [2.75, 3.05) is 11.9 Å². The molecule has 7 heteroatoms. The highest BCUT2D eigenvalue weighted by Crippen LogP contribution is 2.19. The highest BCUT2D eigenvalue weighted by atomic mass is 16.5. The van der Waals surface area contributed by atoms with Crippen molar-refractivity contribution in [3.8, 4) is 0 Å². The molecule has 0 bridgehead atoms. The van der Waals surface area contributed by atoms with E-state index in [-0.39, 0.29) is 11.9 Å².